The van der Waals surface area contributed by atoms with Gasteiger partial charge in [-0.25, -0.2) is 4.79 Å². The van der Waals surface area contributed by atoms with Gasteiger partial charge >= 0.3 is 6.03 Å². The zero-order valence-corrected chi connectivity index (χ0v) is 12.2. The Bertz CT molecular complexity index is 415. The Balaban J connectivity index is 2.44. The molecule has 0 saturated heterocycles. The van der Waals surface area contributed by atoms with E-state index in [1.807, 2.05) is 20.2 Å². The summed E-state index contributed by atoms with van der Waals surface area (Å²) in [5.74, 6) is 0. The standard InChI is InChI=1S/C13H24N4O2/c1-5-12-11(9-17(4)15-12)8-14-13(19)16(3)7-6-10(2)18/h9-10,18H,5-8H2,1-4H3,(H,14,19). The number of aliphatic hydroxyl groups is 1. The number of urea groups is 1. The van der Waals surface area contributed by atoms with Crippen LogP contribution < -0.4 is 5.32 Å². The second-order valence-corrected chi connectivity index (χ2v) is 4.85. The maximum atomic E-state index is 11.8. The molecular weight excluding hydrogens is 244 g/mol. The fourth-order valence-electron chi connectivity index (χ4n) is 1.82. The van der Waals surface area contributed by atoms with Crippen molar-refractivity contribution in [2.24, 2.45) is 7.05 Å². The topological polar surface area (TPSA) is 70.4 Å². The third-order valence-corrected chi connectivity index (χ3v) is 2.99. The fraction of sp³-hybridized carbons (Fsp3) is 0.692. The number of nitrogens with zero attached hydrogens (tertiary/aromatic N) is 3. The molecule has 1 aromatic heterocycles. The summed E-state index contributed by atoms with van der Waals surface area (Å²) in [5.41, 5.74) is 2.05. The highest BCUT2D eigenvalue weighted by molar-refractivity contribution is 5.73. The number of nitrogens with one attached hydrogen (secondary N) is 1. The van der Waals surface area contributed by atoms with Crippen molar-refractivity contribution in [3.8, 4) is 0 Å². The lowest BCUT2D eigenvalue weighted by molar-refractivity contribution is 0.163. The van der Waals surface area contributed by atoms with Crippen LogP contribution in [-0.2, 0) is 20.0 Å². The lowest BCUT2D eigenvalue weighted by Crippen LogP contribution is -2.38. The van der Waals surface area contributed by atoms with Crippen LogP contribution in [0.15, 0.2) is 6.20 Å². The summed E-state index contributed by atoms with van der Waals surface area (Å²) in [4.78, 5) is 13.4. The molecule has 6 nitrogen and oxygen atoms in total. The number of hydrogen-bond donors (Lipinski definition) is 2. The van der Waals surface area contributed by atoms with E-state index in [9.17, 15) is 9.90 Å². The maximum absolute atomic E-state index is 11.8. The van der Waals surface area contributed by atoms with E-state index in [2.05, 4.69) is 10.4 Å². The number of aryl methyl sites for hydroxylation is 2. The van der Waals surface area contributed by atoms with Crippen molar-refractivity contribution in [2.45, 2.75) is 39.3 Å². The molecule has 0 saturated carbocycles. The number of amides is 2. The molecule has 1 rings (SSSR count). The summed E-state index contributed by atoms with van der Waals surface area (Å²) in [6.07, 6.45) is 2.97. The van der Waals surface area contributed by atoms with Gasteiger partial charge < -0.3 is 15.3 Å². The predicted octanol–water partition coefficient (Wildman–Crippen LogP) is 0.895. The highest BCUT2D eigenvalue weighted by Gasteiger charge is 2.11. The van der Waals surface area contributed by atoms with Crippen molar-refractivity contribution in [3.05, 3.63) is 17.5 Å². The van der Waals surface area contributed by atoms with E-state index < -0.39 is 0 Å². The van der Waals surface area contributed by atoms with Crippen molar-refractivity contribution in [1.29, 1.82) is 0 Å². The smallest absolute Gasteiger partial charge is 0.317 e. The zero-order chi connectivity index (χ0) is 14.4. The summed E-state index contributed by atoms with van der Waals surface area (Å²) in [6.45, 7) is 4.78. The molecule has 0 aliphatic rings. The molecule has 0 aliphatic carbocycles. The first-order valence-corrected chi connectivity index (χ1v) is 6.62. The molecule has 0 radical (unpaired) electrons. The summed E-state index contributed by atoms with van der Waals surface area (Å²) < 4.78 is 1.76. The minimum absolute atomic E-state index is 0.133. The quantitative estimate of drug-likeness (QED) is 0.805. The van der Waals surface area contributed by atoms with E-state index in [1.165, 1.54) is 0 Å². The average molecular weight is 268 g/mol. The Morgan fingerprint density at radius 3 is 2.89 bits per heavy atom. The summed E-state index contributed by atoms with van der Waals surface area (Å²) >= 11 is 0. The highest BCUT2D eigenvalue weighted by atomic mass is 16.3. The lowest BCUT2D eigenvalue weighted by Gasteiger charge is -2.18. The van der Waals surface area contributed by atoms with Crippen LogP contribution in [0.2, 0.25) is 0 Å². The van der Waals surface area contributed by atoms with Crippen molar-refractivity contribution < 1.29 is 9.90 Å². The summed E-state index contributed by atoms with van der Waals surface area (Å²) in [6, 6.07) is -0.133. The van der Waals surface area contributed by atoms with Gasteiger partial charge in [0.25, 0.3) is 0 Å². The average Bonchev–Trinajstić information content (AvgIpc) is 2.73. The molecule has 19 heavy (non-hydrogen) atoms. The Labute approximate surface area is 114 Å². The van der Waals surface area contributed by atoms with E-state index in [1.54, 1.807) is 23.6 Å². The minimum Gasteiger partial charge on any atom is -0.393 e. The normalized spacial score (nSPS) is 12.3. The predicted molar refractivity (Wildman–Crippen MR) is 73.7 cm³/mol. The van der Waals surface area contributed by atoms with Crippen molar-refractivity contribution in [3.63, 3.8) is 0 Å². The van der Waals surface area contributed by atoms with Crippen LogP contribution in [-0.4, -0.2) is 45.5 Å². The van der Waals surface area contributed by atoms with Crippen LogP contribution in [0.25, 0.3) is 0 Å². The van der Waals surface area contributed by atoms with Crippen LogP contribution in [0.5, 0.6) is 0 Å². The fourth-order valence-corrected chi connectivity index (χ4v) is 1.82. The number of hydrogen-bond acceptors (Lipinski definition) is 3. The molecule has 1 unspecified atom stereocenters. The van der Waals surface area contributed by atoms with Crippen LogP contribution in [0, 0.1) is 0 Å². The van der Waals surface area contributed by atoms with E-state index in [4.69, 9.17) is 0 Å². The molecular formula is C13H24N4O2. The van der Waals surface area contributed by atoms with E-state index in [-0.39, 0.29) is 12.1 Å². The summed E-state index contributed by atoms with van der Waals surface area (Å²) in [7, 11) is 3.60. The highest BCUT2D eigenvalue weighted by Crippen LogP contribution is 2.06. The third kappa shape index (κ3) is 4.90. The third-order valence-electron chi connectivity index (χ3n) is 2.99. The van der Waals surface area contributed by atoms with Gasteiger partial charge in [-0.3, -0.25) is 4.68 Å². The van der Waals surface area contributed by atoms with Crippen LogP contribution in [0.3, 0.4) is 0 Å². The van der Waals surface area contributed by atoms with Crippen LogP contribution in [0.1, 0.15) is 31.5 Å². The molecule has 1 heterocycles. The van der Waals surface area contributed by atoms with Gasteiger partial charge in [-0.05, 0) is 19.8 Å². The van der Waals surface area contributed by atoms with Gasteiger partial charge in [-0.1, -0.05) is 6.92 Å². The first-order valence-electron chi connectivity index (χ1n) is 6.62. The monoisotopic (exact) mass is 268 g/mol. The van der Waals surface area contributed by atoms with Gasteiger partial charge in [0, 0.05) is 38.9 Å². The number of carbonyl (C=O) groups excluding carboxylic acids is 1. The number of carbonyl (C=O) groups is 1. The van der Waals surface area contributed by atoms with Gasteiger partial charge in [0.15, 0.2) is 0 Å². The largest absolute Gasteiger partial charge is 0.393 e. The molecule has 0 aromatic carbocycles. The molecule has 2 amide bonds. The molecule has 1 aromatic rings. The van der Waals surface area contributed by atoms with Crippen molar-refractivity contribution in [1.82, 2.24) is 20.0 Å². The number of aliphatic hydroxyl groups excluding tert-OH is 1. The van der Waals surface area contributed by atoms with Gasteiger partial charge in [-0.15, -0.1) is 0 Å². The van der Waals surface area contributed by atoms with E-state index in [0.717, 1.165) is 17.7 Å². The molecule has 0 spiro atoms. The first kappa shape index (κ1) is 15.5. The molecule has 1 atom stereocenters. The van der Waals surface area contributed by atoms with Crippen LogP contribution in [0.4, 0.5) is 4.79 Å². The van der Waals surface area contributed by atoms with Crippen molar-refractivity contribution >= 4 is 6.03 Å². The number of rotatable bonds is 6. The minimum atomic E-state index is -0.389. The number of aromatic nitrogens is 2. The SMILES string of the molecule is CCc1nn(C)cc1CNC(=O)N(C)CCC(C)O. The molecule has 6 heteroatoms. The Hall–Kier alpha value is -1.56. The lowest BCUT2D eigenvalue weighted by atomic mass is 10.2. The Kier molecular flexibility index (Phi) is 5.82. The van der Waals surface area contributed by atoms with E-state index >= 15 is 0 Å². The Morgan fingerprint density at radius 1 is 1.63 bits per heavy atom. The van der Waals surface area contributed by atoms with Crippen molar-refractivity contribution in [2.75, 3.05) is 13.6 Å². The molecule has 0 aliphatic heterocycles. The molecule has 0 fully saturated rings. The van der Waals surface area contributed by atoms with Gasteiger partial charge in [-0.2, -0.15) is 5.10 Å². The molecule has 2 N–H and O–H groups in total. The summed E-state index contributed by atoms with van der Waals surface area (Å²) in [5, 5.41) is 16.4. The zero-order valence-electron chi connectivity index (χ0n) is 12.2. The maximum Gasteiger partial charge on any atom is 0.317 e. The van der Waals surface area contributed by atoms with Gasteiger partial charge in [0.2, 0.25) is 0 Å². The Morgan fingerprint density at radius 2 is 2.32 bits per heavy atom. The van der Waals surface area contributed by atoms with Gasteiger partial charge in [0.05, 0.1) is 11.8 Å². The van der Waals surface area contributed by atoms with E-state index in [0.29, 0.717) is 19.5 Å². The van der Waals surface area contributed by atoms with Crippen LogP contribution >= 0.6 is 0 Å². The van der Waals surface area contributed by atoms with Gasteiger partial charge in [0.1, 0.15) is 0 Å². The molecule has 108 valence electrons. The second kappa shape index (κ2) is 7.13. The molecule has 0 bridgehead atoms. The first-order chi connectivity index (χ1) is 8.93. The second-order valence-electron chi connectivity index (χ2n) is 4.85.